The molecule has 0 radical (unpaired) electrons. The normalized spacial score (nSPS) is 22.2. The van der Waals surface area contributed by atoms with E-state index in [4.69, 9.17) is 32.5 Å². The number of hydrogen-bond donors (Lipinski definition) is 1. The Labute approximate surface area is 215 Å². The molecular formula is C23H30BCl2N3O6. The summed E-state index contributed by atoms with van der Waals surface area (Å²) in [4.78, 5) is 54.7. The number of piperazine rings is 1. The second-order valence-corrected chi connectivity index (χ2v) is 10.4. The molecule has 12 heteroatoms. The van der Waals surface area contributed by atoms with Gasteiger partial charge in [0.1, 0.15) is 12.1 Å². The van der Waals surface area contributed by atoms with Crippen LogP contribution in [0.15, 0.2) is 18.2 Å². The van der Waals surface area contributed by atoms with Crippen molar-refractivity contribution in [3.05, 3.63) is 33.8 Å². The molecule has 3 rings (SSSR count). The van der Waals surface area contributed by atoms with Crippen LogP contribution >= 0.6 is 23.2 Å². The van der Waals surface area contributed by atoms with Gasteiger partial charge in [-0.05, 0) is 44.6 Å². The van der Waals surface area contributed by atoms with Crippen molar-refractivity contribution >= 4 is 53.9 Å². The number of nitrogens with zero attached hydrogens (tertiary/aromatic N) is 2. The Bertz CT molecular complexity index is 966. The van der Waals surface area contributed by atoms with Gasteiger partial charge in [0, 0.05) is 30.4 Å². The Kier molecular flexibility index (Phi) is 9.20. The average Bonchev–Trinajstić information content (AvgIpc) is 2.78. The molecule has 0 saturated carbocycles. The van der Waals surface area contributed by atoms with E-state index in [1.54, 1.807) is 18.0 Å². The van der Waals surface area contributed by atoms with E-state index in [0.717, 1.165) is 0 Å². The van der Waals surface area contributed by atoms with Crippen molar-refractivity contribution in [3.8, 4) is 0 Å². The summed E-state index contributed by atoms with van der Waals surface area (Å²) in [6.07, 6.45) is 0.439. The summed E-state index contributed by atoms with van der Waals surface area (Å²) in [7, 11) is 2.36. The molecule has 2 bridgehead atoms. The highest BCUT2D eigenvalue weighted by Gasteiger charge is 2.48. The lowest BCUT2D eigenvalue weighted by atomic mass is 9.65. The lowest BCUT2D eigenvalue weighted by Gasteiger charge is -2.43. The molecule has 2 saturated heterocycles. The lowest BCUT2D eigenvalue weighted by molar-refractivity contribution is -0.159. The summed E-state index contributed by atoms with van der Waals surface area (Å²) in [5, 5.41) is 3.11. The Morgan fingerprint density at radius 3 is 2.29 bits per heavy atom. The summed E-state index contributed by atoms with van der Waals surface area (Å²) < 4.78 is 11.3. The summed E-state index contributed by atoms with van der Waals surface area (Å²) in [5.41, 5.74) is 0.161. The summed E-state index contributed by atoms with van der Waals surface area (Å²) in [6.45, 7) is 4.52. The molecule has 2 heterocycles. The zero-order valence-corrected chi connectivity index (χ0v) is 21.8. The molecule has 0 aliphatic carbocycles. The third-order valence-electron chi connectivity index (χ3n) is 6.23. The molecule has 1 amide bonds. The molecular weight excluding hydrogens is 496 g/mol. The van der Waals surface area contributed by atoms with E-state index in [1.165, 1.54) is 12.1 Å². The smallest absolute Gasteiger partial charge is 0.498 e. The summed E-state index contributed by atoms with van der Waals surface area (Å²) in [6, 6.07) is 3.27. The molecule has 1 aromatic rings. The van der Waals surface area contributed by atoms with E-state index < -0.39 is 42.9 Å². The van der Waals surface area contributed by atoms with Gasteiger partial charge in [-0.3, -0.25) is 24.1 Å². The van der Waals surface area contributed by atoms with Gasteiger partial charge in [0.05, 0.1) is 17.1 Å². The summed E-state index contributed by atoms with van der Waals surface area (Å²) >= 11 is 12.0. The molecule has 0 aromatic heterocycles. The topological polar surface area (TPSA) is 105 Å². The Hall–Kier alpha value is -2.14. The van der Waals surface area contributed by atoms with Gasteiger partial charge >= 0.3 is 19.1 Å². The molecule has 0 spiro atoms. The first-order valence-corrected chi connectivity index (χ1v) is 12.3. The standard InChI is InChI=1S/C23H30BCl2N3O6/c1-13(2)7-14(8-16(30)10-27-21(31)17-9-15(25)5-6-18(17)26)24-34-22(32)19-11-28(3)12-20(29(19)4)23(33)35-24/h5-6,9,13-14,19-20H,7-8,10-12H2,1-4H3,(H,27,31)/t14-,19-,20+/m1/s1. The van der Waals surface area contributed by atoms with Crippen molar-refractivity contribution in [1.82, 2.24) is 15.1 Å². The van der Waals surface area contributed by atoms with Crippen molar-refractivity contribution in [2.24, 2.45) is 5.92 Å². The molecule has 9 nitrogen and oxygen atoms in total. The molecule has 3 atom stereocenters. The number of halogens is 2. The maximum Gasteiger partial charge on any atom is 0.602 e. The largest absolute Gasteiger partial charge is 0.602 e. The SMILES string of the molecule is CC(C)C[C@H](CC(=O)CNC(=O)c1cc(Cl)ccc1Cl)B1OC(=O)[C@H]2CN(C)C[C@@H](C(=O)O1)N2C. The highest BCUT2D eigenvalue weighted by atomic mass is 35.5. The Morgan fingerprint density at radius 2 is 1.71 bits per heavy atom. The first-order chi connectivity index (χ1) is 16.5. The van der Waals surface area contributed by atoms with Gasteiger partial charge < -0.3 is 19.5 Å². The number of hydrogen-bond acceptors (Lipinski definition) is 8. The number of carbonyl (C=O) groups excluding carboxylic acids is 4. The number of ketones is 1. The maximum atomic E-state index is 12.9. The number of fused-ring (bicyclic) bond motifs is 2. The van der Waals surface area contributed by atoms with E-state index in [0.29, 0.717) is 24.5 Å². The van der Waals surface area contributed by atoms with Crippen molar-refractivity contribution in [3.63, 3.8) is 0 Å². The van der Waals surface area contributed by atoms with Crippen LogP contribution in [-0.4, -0.2) is 86.4 Å². The fraction of sp³-hybridized carbons (Fsp3) is 0.565. The third-order valence-corrected chi connectivity index (χ3v) is 6.79. The van der Waals surface area contributed by atoms with Crippen molar-refractivity contribution in [2.45, 2.75) is 44.6 Å². The predicted octanol–water partition coefficient (Wildman–Crippen LogP) is 2.30. The number of carbonyl (C=O) groups is 4. The minimum absolute atomic E-state index is 0.0436. The first kappa shape index (κ1) is 27.5. The fourth-order valence-corrected chi connectivity index (χ4v) is 4.81. The number of rotatable bonds is 8. The average molecular weight is 526 g/mol. The van der Waals surface area contributed by atoms with Crippen molar-refractivity contribution in [1.29, 1.82) is 0 Å². The Morgan fingerprint density at radius 1 is 1.11 bits per heavy atom. The molecule has 2 aliphatic rings. The summed E-state index contributed by atoms with van der Waals surface area (Å²) in [5.74, 6) is -2.23. The van der Waals surface area contributed by atoms with E-state index in [-0.39, 0.29) is 35.3 Å². The van der Waals surface area contributed by atoms with Crippen LogP contribution in [-0.2, 0) is 23.7 Å². The highest BCUT2D eigenvalue weighted by molar-refractivity contribution is 6.51. The molecule has 2 fully saturated rings. The van der Waals surface area contributed by atoms with E-state index in [9.17, 15) is 19.2 Å². The molecule has 2 aliphatic heterocycles. The highest BCUT2D eigenvalue weighted by Crippen LogP contribution is 2.30. The van der Waals surface area contributed by atoms with Crippen LogP contribution in [0.3, 0.4) is 0 Å². The maximum absolute atomic E-state index is 12.9. The number of nitrogens with one attached hydrogen (secondary N) is 1. The number of Topliss-reactive ketones (excluding diaryl/α,β-unsaturated/α-hetero) is 1. The lowest BCUT2D eigenvalue weighted by Crippen LogP contribution is -2.64. The molecule has 35 heavy (non-hydrogen) atoms. The van der Waals surface area contributed by atoms with Crippen LogP contribution in [0.4, 0.5) is 0 Å². The monoisotopic (exact) mass is 525 g/mol. The fourth-order valence-electron chi connectivity index (χ4n) is 4.43. The second kappa shape index (κ2) is 11.7. The third kappa shape index (κ3) is 6.97. The first-order valence-electron chi connectivity index (χ1n) is 11.5. The van der Waals surface area contributed by atoms with Crippen LogP contribution in [0.25, 0.3) is 0 Å². The van der Waals surface area contributed by atoms with Gasteiger partial charge in [0.25, 0.3) is 5.91 Å². The minimum atomic E-state index is -1.18. The van der Waals surface area contributed by atoms with E-state index in [2.05, 4.69) is 5.32 Å². The van der Waals surface area contributed by atoms with Crippen LogP contribution in [0, 0.1) is 5.92 Å². The number of benzene rings is 1. The van der Waals surface area contributed by atoms with E-state index in [1.807, 2.05) is 25.8 Å². The molecule has 0 unspecified atom stereocenters. The van der Waals surface area contributed by atoms with Gasteiger partial charge in [0.2, 0.25) is 0 Å². The molecule has 190 valence electrons. The minimum Gasteiger partial charge on any atom is -0.498 e. The van der Waals surface area contributed by atoms with Gasteiger partial charge in [-0.15, -0.1) is 0 Å². The quantitative estimate of drug-likeness (QED) is 0.515. The van der Waals surface area contributed by atoms with Gasteiger partial charge in [-0.1, -0.05) is 37.0 Å². The predicted molar refractivity (Wildman–Crippen MR) is 132 cm³/mol. The van der Waals surface area contributed by atoms with Crippen LogP contribution in [0.5, 0.6) is 0 Å². The Balaban J connectivity index is 1.69. The number of amides is 1. The van der Waals surface area contributed by atoms with Crippen LogP contribution in [0.1, 0.15) is 37.0 Å². The number of likely N-dealkylation sites (N-methyl/N-ethyl adjacent to an activating group) is 2. The van der Waals surface area contributed by atoms with Crippen LogP contribution < -0.4 is 5.32 Å². The van der Waals surface area contributed by atoms with Gasteiger partial charge in [-0.2, -0.15) is 0 Å². The van der Waals surface area contributed by atoms with Crippen LogP contribution in [0.2, 0.25) is 15.9 Å². The zero-order valence-electron chi connectivity index (χ0n) is 20.3. The van der Waals surface area contributed by atoms with Crippen molar-refractivity contribution < 1.29 is 28.5 Å². The van der Waals surface area contributed by atoms with Gasteiger partial charge in [0.15, 0.2) is 5.78 Å². The zero-order chi connectivity index (χ0) is 25.9. The molecule has 1 aromatic carbocycles. The van der Waals surface area contributed by atoms with Gasteiger partial charge in [-0.25, -0.2) is 0 Å². The van der Waals surface area contributed by atoms with Crippen molar-refractivity contribution in [2.75, 3.05) is 33.7 Å². The van der Waals surface area contributed by atoms with E-state index >= 15 is 0 Å². The second-order valence-electron chi connectivity index (χ2n) is 9.60. The molecule has 1 N–H and O–H groups in total.